The van der Waals surface area contributed by atoms with E-state index in [1.807, 2.05) is 6.92 Å². The van der Waals surface area contributed by atoms with Gasteiger partial charge < -0.3 is 5.11 Å². The second-order valence-electron chi connectivity index (χ2n) is 3.41. The summed E-state index contributed by atoms with van der Waals surface area (Å²) in [7, 11) is 0. The summed E-state index contributed by atoms with van der Waals surface area (Å²) in [5.74, 6) is 6.87. The van der Waals surface area contributed by atoms with Crippen molar-refractivity contribution < 1.29 is 5.11 Å². The topological polar surface area (TPSA) is 20.2 Å². The van der Waals surface area contributed by atoms with Gasteiger partial charge in [0.1, 0.15) is 0 Å². The molecule has 0 radical (unpaired) electrons. The molecule has 1 heteroatoms. The Morgan fingerprint density at radius 1 is 1.50 bits per heavy atom. The molecule has 0 aromatic heterocycles. The molecule has 0 heterocycles. The lowest BCUT2D eigenvalue weighted by molar-refractivity contribution is 0.256. The first kappa shape index (κ1) is 11.3. The summed E-state index contributed by atoms with van der Waals surface area (Å²) in [5.41, 5.74) is 0.888. The van der Waals surface area contributed by atoms with Crippen LogP contribution in [0.15, 0.2) is 12.2 Å². The Labute approximate surface area is 75.5 Å². The van der Waals surface area contributed by atoms with Gasteiger partial charge in [0.25, 0.3) is 0 Å². The maximum absolute atomic E-state index is 8.76. The fourth-order valence-electron chi connectivity index (χ4n) is 0.927. The van der Waals surface area contributed by atoms with Gasteiger partial charge in [-0.2, -0.15) is 0 Å². The summed E-state index contributed by atoms with van der Waals surface area (Å²) < 4.78 is 0. The van der Waals surface area contributed by atoms with Crippen molar-refractivity contribution in [2.24, 2.45) is 11.8 Å². The fraction of sp³-hybridized carbons (Fsp3) is 0.636. The molecule has 0 spiro atoms. The highest BCUT2D eigenvalue weighted by Gasteiger charge is 2.08. The van der Waals surface area contributed by atoms with E-state index in [0.717, 1.165) is 12.0 Å². The molecule has 0 aromatic rings. The van der Waals surface area contributed by atoms with Crippen molar-refractivity contribution in [1.29, 1.82) is 0 Å². The van der Waals surface area contributed by atoms with Crippen LogP contribution in [0, 0.1) is 23.7 Å². The van der Waals surface area contributed by atoms with Crippen LogP contribution in [0.1, 0.15) is 27.2 Å². The molecule has 1 atom stereocenters. The SMILES string of the molecule is C=C(C)C#CC(CCO)C(C)C. The lowest BCUT2D eigenvalue weighted by Crippen LogP contribution is -2.08. The molecule has 0 aliphatic carbocycles. The van der Waals surface area contributed by atoms with E-state index >= 15 is 0 Å². The van der Waals surface area contributed by atoms with Crippen molar-refractivity contribution in [2.45, 2.75) is 27.2 Å². The molecule has 0 saturated carbocycles. The van der Waals surface area contributed by atoms with Gasteiger partial charge in [0.15, 0.2) is 0 Å². The monoisotopic (exact) mass is 166 g/mol. The zero-order valence-corrected chi connectivity index (χ0v) is 8.22. The van der Waals surface area contributed by atoms with Crippen molar-refractivity contribution in [3.8, 4) is 11.8 Å². The van der Waals surface area contributed by atoms with Gasteiger partial charge in [-0.15, -0.1) is 0 Å². The molecule has 0 rings (SSSR count). The summed E-state index contributed by atoms with van der Waals surface area (Å²) in [6.45, 7) is 10.1. The number of hydrogen-bond acceptors (Lipinski definition) is 1. The molecule has 0 fully saturated rings. The van der Waals surface area contributed by atoms with Crippen molar-refractivity contribution in [3.63, 3.8) is 0 Å². The van der Waals surface area contributed by atoms with Crippen molar-refractivity contribution in [2.75, 3.05) is 6.61 Å². The van der Waals surface area contributed by atoms with Gasteiger partial charge >= 0.3 is 0 Å². The quantitative estimate of drug-likeness (QED) is 0.637. The predicted octanol–water partition coefficient (Wildman–Crippen LogP) is 2.22. The van der Waals surface area contributed by atoms with Crippen LogP contribution in [-0.4, -0.2) is 11.7 Å². The number of rotatable bonds is 3. The smallest absolute Gasteiger partial charge is 0.0442 e. The predicted molar refractivity (Wildman–Crippen MR) is 52.6 cm³/mol. The molecule has 0 saturated heterocycles. The van der Waals surface area contributed by atoms with Crippen LogP contribution >= 0.6 is 0 Å². The van der Waals surface area contributed by atoms with E-state index in [-0.39, 0.29) is 6.61 Å². The lowest BCUT2D eigenvalue weighted by atomic mass is 9.93. The molecular formula is C11H18O. The Balaban J connectivity index is 4.15. The highest BCUT2D eigenvalue weighted by Crippen LogP contribution is 2.13. The zero-order chi connectivity index (χ0) is 9.56. The van der Waals surface area contributed by atoms with Crippen LogP contribution in [0.4, 0.5) is 0 Å². The van der Waals surface area contributed by atoms with Crippen molar-refractivity contribution in [3.05, 3.63) is 12.2 Å². The maximum atomic E-state index is 8.76. The van der Waals surface area contributed by atoms with E-state index in [0.29, 0.717) is 11.8 Å². The Morgan fingerprint density at radius 2 is 2.08 bits per heavy atom. The number of hydrogen-bond donors (Lipinski definition) is 1. The molecule has 0 bridgehead atoms. The molecule has 12 heavy (non-hydrogen) atoms. The van der Waals surface area contributed by atoms with Crippen LogP contribution in [0.5, 0.6) is 0 Å². The molecule has 0 aliphatic heterocycles. The van der Waals surface area contributed by atoms with E-state index in [4.69, 9.17) is 5.11 Å². The van der Waals surface area contributed by atoms with Crippen LogP contribution in [0.3, 0.4) is 0 Å². The molecule has 68 valence electrons. The molecular weight excluding hydrogens is 148 g/mol. The highest BCUT2D eigenvalue weighted by molar-refractivity contribution is 5.24. The van der Waals surface area contributed by atoms with Crippen LogP contribution in [-0.2, 0) is 0 Å². The van der Waals surface area contributed by atoms with E-state index < -0.39 is 0 Å². The second kappa shape index (κ2) is 5.85. The normalized spacial score (nSPS) is 12.1. The summed E-state index contributed by atoms with van der Waals surface area (Å²) >= 11 is 0. The summed E-state index contributed by atoms with van der Waals surface area (Å²) in [6.07, 6.45) is 0.762. The second-order valence-corrected chi connectivity index (χ2v) is 3.41. The lowest BCUT2D eigenvalue weighted by Gasteiger charge is -2.12. The first-order chi connectivity index (χ1) is 5.57. The fourth-order valence-corrected chi connectivity index (χ4v) is 0.927. The Kier molecular flexibility index (Phi) is 5.49. The number of aliphatic hydroxyl groups is 1. The largest absolute Gasteiger partial charge is 0.396 e. The minimum Gasteiger partial charge on any atom is -0.396 e. The molecule has 1 unspecified atom stereocenters. The maximum Gasteiger partial charge on any atom is 0.0442 e. The molecule has 1 N–H and O–H groups in total. The first-order valence-corrected chi connectivity index (χ1v) is 4.35. The van der Waals surface area contributed by atoms with Crippen molar-refractivity contribution in [1.82, 2.24) is 0 Å². The Hall–Kier alpha value is -0.740. The van der Waals surface area contributed by atoms with Gasteiger partial charge in [0.05, 0.1) is 0 Å². The third-order valence-electron chi connectivity index (χ3n) is 1.72. The minimum absolute atomic E-state index is 0.216. The molecule has 0 amide bonds. The van der Waals surface area contributed by atoms with Gasteiger partial charge in [0.2, 0.25) is 0 Å². The van der Waals surface area contributed by atoms with Gasteiger partial charge in [-0.25, -0.2) is 0 Å². The third kappa shape index (κ3) is 4.98. The Bertz CT molecular complexity index is 193. The minimum atomic E-state index is 0.216. The van der Waals surface area contributed by atoms with Gasteiger partial charge in [-0.05, 0) is 24.8 Å². The third-order valence-corrected chi connectivity index (χ3v) is 1.72. The van der Waals surface area contributed by atoms with E-state index in [9.17, 15) is 0 Å². The first-order valence-electron chi connectivity index (χ1n) is 4.35. The standard InChI is InChI=1S/C11H18O/c1-9(2)5-6-11(7-8-12)10(3)4/h10-12H,1,7-8H2,2-4H3. The average molecular weight is 166 g/mol. The van der Waals surface area contributed by atoms with Crippen molar-refractivity contribution >= 4 is 0 Å². The van der Waals surface area contributed by atoms with E-state index in [2.05, 4.69) is 32.3 Å². The highest BCUT2D eigenvalue weighted by atomic mass is 16.3. The molecule has 0 aromatic carbocycles. The van der Waals surface area contributed by atoms with Crippen LogP contribution < -0.4 is 0 Å². The number of aliphatic hydroxyl groups excluding tert-OH is 1. The van der Waals surface area contributed by atoms with E-state index in [1.165, 1.54) is 0 Å². The summed E-state index contributed by atoms with van der Waals surface area (Å²) in [5, 5.41) is 8.76. The van der Waals surface area contributed by atoms with Crippen LogP contribution in [0.2, 0.25) is 0 Å². The van der Waals surface area contributed by atoms with Gasteiger partial charge in [-0.1, -0.05) is 32.3 Å². The zero-order valence-electron chi connectivity index (χ0n) is 8.22. The Morgan fingerprint density at radius 3 is 2.42 bits per heavy atom. The van der Waals surface area contributed by atoms with Gasteiger partial charge in [-0.3, -0.25) is 0 Å². The average Bonchev–Trinajstić information content (AvgIpc) is 1.96. The molecule has 1 nitrogen and oxygen atoms in total. The molecule has 0 aliphatic rings. The van der Waals surface area contributed by atoms with Crippen LogP contribution in [0.25, 0.3) is 0 Å². The van der Waals surface area contributed by atoms with Gasteiger partial charge in [0, 0.05) is 12.5 Å². The van der Waals surface area contributed by atoms with E-state index in [1.54, 1.807) is 0 Å². The number of allylic oxidation sites excluding steroid dienone is 1. The summed E-state index contributed by atoms with van der Waals surface area (Å²) in [4.78, 5) is 0. The summed E-state index contributed by atoms with van der Waals surface area (Å²) in [6, 6.07) is 0.